The van der Waals surface area contributed by atoms with Gasteiger partial charge in [0, 0.05) is 26.1 Å². The monoisotopic (exact) mass is 240 g/mol. The molecule has 0 saturated carbocycles. The molecule has 0 aromatic carbocycles. The van der Waals surface area contributed by atoms with Gasteiger partial charge in [-0.2, -0.15) is 0 Å². The number of rotatable bonds is 3. The fourth-order valence-corrected chi connectivity index (χ4v) is 2.85. The van der Waals surface area contributed by atoms with Crippen LogP contribution in [0.15, 0.2) is 0 Å². The molecule has 2 fully saturated rings. The highest BCUT2D eigenvalue weighted by molar-refractivity contribution is 5.76. The quantitative estimate of drug-likeness (QED) is 0.795. The topological polar surface area (TPSA) is 43.8 Å². The number of hydrogen-bond acceptors (Lipinski definition) is 3. The summed E-state index contributed by atoms with van der Waals surface area (Å²) < 4.78 is 0. The van der Waals surface area contributed by atoms with E-state index in [0.29, 0.717) is 13.0 Å². The molecule has 2 heterocycles. The molecular weight excluding hydrogens is 216 g/mol. The molecule has 0 aromatic rings. The Morgan fingerprint density at radius 2 is 1.94 bits per heavy atom. The van der Waals surface area contributed by atoms with E-state index in [0.717, 1.165) is 39.0 Å². The first-order valence-corrected chi connectivity index (χ1v) is 6.79. The minimum atomic E-state index is -0.679. The number of hydrogen-bond donors (Lipinski definition) is 1. The molecule has 0 bridgehead atoms. The summed E-state index contributed by atoms with van der Waals surface area (Å²) in [7, 11) is 0. The number of likely N-dealkylation sites (tertiary alicyclic amines) is 2. The van der Waals surface area contributed by atoms with Crippen molar-refractivity contribution in [1.29, 1.82) is 0 Å². The lowest BCUT2D eigenvalue weighted by atomic mass is 9.95. The Bertz CT molecular complexity index is 273. The van der Waals surface area contributed by atoms with Crippen LogP contribution in [-0.2, 0) is 4.79 Å². The molecular formula is C13H24N2O2. The zero-order valence-electron chi connectivity index (χ0n) is 10.8. The van der Waals surface area contributed by atoms with Crippen LogP contribution in [0.3, 0.4) is 0 Å². The third-order valence-electron chi connectivity index (χ3n) is 3.87. The predicted molar refractivity (Wildman–Crippen MR) is 66.7 cm³/mol. The van der Waals surface area contributed by atoms with Gasteiger partial charge in [0.05, 0.1) is 5.60 Å². The Hall–Kier alpha value is -0.610. The maximum absolute atomic E-state index is 12.0. The lowest BCUT2D eigenvalue weighted by Gasteiger charge is -2.37. The van der Waals surface area contributed by atoms with Gasteiger partial charge < -0.3 is 14.9 Å². The molecule has 1 amide bonds. The number of carbonyl (C=O) groups excluding carboxylic acids is 1. The largest absolute Gasteiger partial charge is 0.388 e. The molecule has 0 aliphatic carbocycles. The Labute approximate surface area is 104 Å². The van der Waals surface area contributed by atoms with E-state index in [-0.39, 0.29) is 5.91 Å². The van der Waals surface area contributed by atoms with E-state index in [1.165, 1.54) is 12.8 Å². The van der Waals surface area contributed by atoms with Crippen LogP contribution in [0.4, 0.5) is 0 Å². The van der Waals surface area contributed by atoms with E-state index in [1.807, 2.05) is 11.8 Å². The molecule has 0 aromatic heterocycles. The van der Waals surface area contributed by atoms with Crippen LogP contribution >= 0.6 is 0 Å². The number of aliphatic hydroxyl groups is 1. The molecule has 2 rings (SSSR count). The highest BCUT2D eigenvalue weighted by Gasteiger charge is 2.30. The minimum absolute atomic E-state index is 0.205. The lowest BCUT2D eigenvalue weighted by Crippen LogP contribution is -2.49. The summed E-state index contributed by atoms with van der Waals surface area (Å²) in [6.45, 7) is 6.32. The van der Waals surface area contributed by atoms with Gasteiger partial charge in [-0.15, -0.1) is 0 Å². The van der Waals surface area contributed by atoms with Gasteiger partial charge >= 0.3 is 0 Å². The first-order chi connectivity index (χ1) is 8.07. The van der Waals surface area contributed by atoms with Gasteiger partial charge in [-0.1, -0.05) is 0 Å². The zero-order valence-corrected chi connectivity index (χ0v) is 10.8. The maximum Gasteiger partial charge on any atom is 0.223 e. The average Bonchev–Trinajstić information content (AvgIpc) is 2.77. The standard InChI is InChI=1S/C13H24N2O2/c1-13(17)6-4-9-15(11-13)12(16)5-10-14-7-2-3-8-14/h17H,2-11H2,1H3. The third kappa shape index (κ3) is 3.68. The molecule has 98 valence electrons. The zero-order chi connectivity index (χ0) is 12.3. The molecule has 0 spiro atoms. The van der Waals surface area contributed by atoms with Crippen molar-refractivity contribution in [3.8, 4) is 0 Å². The molecule has 2 aliphatic rings. The number of β-amino-alcohol motifs (C(OH)–C–C–N with tert-alkyl or cyclic N) is 1. The average molecular weight is 240 g/mol. The fourth-order valence-electron chi connectivity index (χ4n) is 2.85. The van der Waals surface area contributed by atoms with Crippen LogP contribution in [0.5, 0.6) is 0 Å². The van der Waals surface area contributed by atoms with E-state index in [4.69, 9.17) is 0 Å². The summed E-state index contributed by atoms with van der Waals surface area (Å²) in [5.41, 5.74) is -0.679. The van der Waals surface area contributed by atoms with Crippen molar-refractivity contribution in [3.05, 3.63) is 0 Å². The second-order valence-corrected chi connectivity index (χ2v) is 5.71. The van der Waals surface area contributed by atoms with E-state index in [1.54, 1.807) is 0 Å². The Balaban J connectivity index is 1.75. The lowest BCUT2D eigenvalue weighted by molar-refractivity contribution is -0.137. The van der Waals surface area contributed by atoms with Crippen LogP contribution in [0, 0.1) is 0 Å². The van der Waals surface area contributed by atoms with E-state index < -0.39 is 5.60 Å². The summed E-state index contributed by atoms with van der Waals surface area (Å²) >= 11 is 0. The summed E-state index contributed by atoms with van der Waals surface area (Å²) in [5, 5.41) is 9.97. The van der Waals surface area contributed by atoms with E-state index in [2.05, 4.69) is 4.90 Å². The highest BCUT2D eigenvalue weighted by atomic mass is 16.3. The van der Waals surface area contributed by atoms with E-state index >= 15 is 0 Å². The summed E-state index contributed by atoms with van der Waals surface area (Å²) in [6.07, 6.45) is 4.88. The maximum atomic E-state index is 12.0. The van der Waals surface area contributed by atoms with Gasteiger partial charge in [0.25, 0.3) is 0 Å². The Morgan fingerprint density at radius 3 is 2.59 bits per heavy atom. The van der Waals surface area contributed by atoms with Gasteiger partial charge in [0.1, 0.15) is 0 Å². The number of piperidine rings is 1. The van der Waals surface area contributed by atoms with Crippen molar-refractivity contribution in [2.45, 2.75) is 44.6 Å². The van der Waals surface area contributed by atoms with Gasteiger partial charge in [-0.25, -0.2) is 0 Å². The smallest absolute Gasteiger partial charge is 0.223 e. The second-order valence-electron chi connectivity index (χ2n) is 5.71. The van der Waals surface area contributed by atoms with Crippen molar-refractivity contribution >= 4 is 5.91 Å². The number of nitrogens with zero attached hydrogens (tertiary/aromatic N) is 2. The third-order valence-corrected chi connectivity index (χ3v) is 3.87. The molecule has 2 aliphatic heterocycles. The summed E-state index contributed by atoms with van der Waals surface area (Å²) in [4.78, 5) is 16.2. The summed E-state index contributed by atoms with van der Waals surface area (Å²) in [5.74, 6) is 0.205. The molecule has 17 heavy (non-hydrogen) atoms. The minimum Gasteiger partial charge on any atom is -0.388 e. The molecule has 1 N–H and O–H groups in total. The van der Waals surface area contributed by atoms with Gasteiger partial charge in [-0.05, 0) is 45.7 Å². The van der Waals surface area contributed by atoms with Gasteiger partial charge in [0.2, 0.25) is 5.91 Å². The normalized spacial score (nSPS) is 30.8. The van der Waals surface area contributed by atoms with Crippen molar-refractivity contribution in [3.63, 3.8) is 0 Å². The van der Waals surface area contributed by atoms with Crippen molar-refractivity contribution in [2.75, 3.05) is 32.7 Å². The molecule has 1 unspecified atom stereocenters. The molecule has 4 heteroatoms. The fraction of sp³-hybridized carbons (Fsp3) is 0.923. The molecule has 2 saturated heterocycles. The van der Waals surface area contributed by atoms with Crippen LogP contribution in [0.1, 0.15) is 39.0 Å². The first kappa shape index (κ1) is 12.8. The first-order valence-electron chi connectivity index (χ1n) is 6.79. The van der Waals surface area contributed by atoms with Crippen molar-refractivity contribution in [1.82, 2.24) is 9.80 Å². The van der Waals surface area contributed by atoms with Crippen molar-refractivity contribution in [2.24, 2.45) is 0 Å². The van der Waals surface area contributed by atoms with Crippen LogP contribution < -0.4 is 0 Å². The van der Waals surface area contributed by atoms with Gasteiger partial charge in [0.15, 0.2) is 0 Å². The van der Waals surface area contributed by atoms with Crippen LogP contribution in [-0.4, -0.2) is 59.1 Å². The van der Waals surface area contributed by atoms with Crippen molar-refractivity contribution < 1.29 is 9.90 Å². The molecule has 1 atom stereocenters. The molecule has 0 radical (unpaired) electrons. The second kappa shape index (κ2) is 5.36. The molecule has 4 nitrogen and oxygen atoms in total. The van der Waals surface area contributed by atoms with Crippen LogP contribution in [0.25, 0.3) is 0 Å². The highest BCUT2D eigenvalue weighted by Crippen LogP contribution is 2.20. The Morgan fingerprint density at radius 1 is 1.24 bits per heavy atom. The van der Waals surface area contributed by atoms with Gasteiger partial charge in [-0.3, -0.25) is 4.79 Å². The van der Waals surface area contributed by atoms with E-state index in [9.17, 15) is 9.90 Å². The Kier molecular flexibility index (Phi) is 4.05. The SMILES string of the molecule is CC1(O)CCCN(C(=O)CCN2CCCC2)C1. The number of amides is 1. The predicted octanol–water partition coefficient (Wildman–Crippen LogP) is 0.846. The number of carbonyl (C=O) groups is 1. The summed E-state index contributed by atoms with van der Waals surface area (Å²) in [6, 6.07) is 0. The van der Waals surface area contributed by atoms with Crippen LogP contribution in [0.2, 0.25) is 0 Å².